The smallest absolute Gasteiger partial charge is 0.310 e. The van der Waals surface area contributed by atoms with E-state index < -0.39 is 11.9 Å². The lowest BCUT2D eigenvalue weighted by molar-refractivity contribution is -0.138. The highest BCUT2D eigenvalue weighted by molar-refractivity contribution is 6.31. The molecule has 0 saturated carbocycles. The molecule has 0 bridgehead atoms. The molecule has 0 radical (unpaired) electrons. The van der Waals surface area contributed by atoms with Gasteiger partial charge in [0, 0.05) is 15.9 Å². The minimum atomic E-state index is -0.853. The van der Waals surface area contributed by atoms with Gasteiger partial charge in [0.2, 0.25) is 0 Å². The lowest BCUT2D eigenvalue weighted by Crippen LogP contribution is -2.08. The molecule has 1 heterocycles. The summed E-state index contributed by atoms with van der Waals surface area (Å²) in [6.07, 6.45) is 0. The zero-order valence-corrected chi connectivity index (χ0v) is 13.1. The Morgan fingerprint density at radius 1 is 1.18 bits per heavy atom. The lowest BCUT2D eigenvalue weighted by atomic mass is 9.94. The van der Waals surface area contributed by atoms with Gasteiger partial charge in [0.15, 0.2) is 0 Å². The van der Waals surface area contributed by atoms with Crippen LogP contribution < -0.4 is 0 Å². The summed E-state index contributed by atoms with van der Waals surface area (Å²) in [6, 6.07) is 13.5. The predicted molar refractivity (Wildman–Crippen MR) is 89.5 cm³/mol. The number of nitrogens with one attached hydrogen (secondary N) is 1. The Bertz CT molecular complexity index is 849. The van der Waals surface area contributed by atoms with E-state index in [-0.39, 0.29) is 0 Å². The predicted octanol–water partition coefficient (Wildman–Crippen LogP) is 4.98. The number of halogens is 1. The average molecular weight is 314 g/mol. The molecular weight excluding hydrogens is 298 g/mol. The Hall–Kier alpha value is -2.26. The molecule has 2 N–H and O–H groups in total. The van der Waals surface area contributed by atoms with Crippen LogP contribution in [0.25, 0.3) is 22.2 Å². The van der Waals surface area contributed by atoms with Crippen molar-refractivity contribution in [1.82, 2.24) is 4.98 Å². The molecule has 112 valence electrons. The number of benzene rings is 2. The van der Waals surface area contributed by atoms with Crippen molar-refractivity contribution in [1.29, 1.82) is 0 Å². The Kier molecular flexibility index (Phi) is 3.67. The Morgan fingerprint density at radius 3 is 2.50 bits per heavy atom. The third kappa shape index (κ3) is 2.48. The molecule has 0 aliphatic heterocycles. The number of aromatic nitrogens is 1. The van der Waals surface area contributed by atoms with Crippen LogP contribution in [0, 0.1) is 6.92 Å². The van der Waals surface area contributed by atoms with E-state index in [0.717, 1.165) is 33.3 Å². The molecule has 3 aromatic rings. The van der Waals surface area contributed by atoms with E-state index >= 15 is 0 Å². The zero-order valence-electron chi connectivity index (χ0n) is 12.4. The van der Waals surface area contributed by atoms with Gasteiger partial charge in [-0.25, -0.2) is 0 Å². The lowest BCUT2D eigenvalue weighted by Gasteiger charge is -2.10. The van der Waals surface area contributed by atoms with Gasteiger partial charge in [-0.1, -0.05) is 41.4 Å². The molecule has 3 rings (SSSR count). The van der Waals surface area contributed by atoms with Crippen molar-refractivity contribution >= 4 is 28.5 Å². The number of hydrogen-bond acceptors (Lipinski definition) is 1. The summed E-state index contributed by atoms with van der Waals surface area (Å²) in [5.41, 5.74) is 4.64. The zero-order chi connectivity index (χ0) is 15.9. The minimum absolute atomic E-state index is 0.598. The van der Waals surface area contributed by atoms with Gasteiger partial charge in [0.1, 0.15) is 0 Å². The number of aliphatic carboxylic acids is 1. The molecule has 2 aromatic carbocycles. The van der Waals surface area contributed by atoms with Gasteiger partial charge in [0.25, 0.3) is 0 Å². The second-order valence-electron chi connectivity index (χ2n) is 5.53. The largest absolute Gasteiger partial charge is 0.481 e. The van der Waals surface area contributed by atoms with E-state index in [2.05, 4.69) is 4.98 Å². The van der Waals surface area contributed by atoms with E-state index in [4.69, 9.17) is 11.6 Å². The van der Waals surface area contributed by atoms with Gasteiger partial charge in [-0.3, -0.25) is 4.79 Å². The van der Waals surface area contributed by atoms with Crippen LogP contribution >= 0.6 is 11.6 Å². The molecule has 0 spiro atoms. The first-order chi connectivity index (χ1) is 10.5. The topological polar surface area (TPSA) is 53.1 Å². The molecule has 3 nitrogen and oxygen atoms in total. The maximum absolute atomic E-state index is 11.5. The van der Waals surface area contributed by atoms with Crippen LogP contribution in [0.15, 0.2) is 42.5 Å². The minimum Gasteiger partial charge on any atom is -0.481 e. The number of fused-ring (bicyclic) bond motifs is 1. The van der Waals surface area contributed by atoms with Crippen LogP contribution in [-0.2, 0) is 4.79 Å². The maximum atomic E-state index is 11.5. The van der Waals surface area contributed by atoms with Crippen molar-refractivity contribution in [3.63, 3.8) is 0 Å². The van der Waals surface area contributed by atoms with Crippen LogP contribution in [-0.4, -0.2) is 16.1 Å². The molecule has 1 atom stereocenters. The van der Waals surface area contributed by atoms with Crippen LogP contribution in [0.1, 0.15) is 24.0 Å². The number of H-pyrrole nitrogens is 1. The van der Waals surface area contributed by atoms with Crippen molar-refractivity contribution in [2.45, 2.75) is 19.8 Å². The molecule has 22 heavy (non-hydrogen) atoms. The average Bonchev–Trinajstić information content (AvgIpc) is 2.85. The highest BCUT2D eigenvalue weighted by atomic mass is 35.5. The molecule has 0 aliphatic carbocycles. The number of carboxylic acids is 1. The SMILES string of the molecule is Cc1ccc(-c2[nH]c3ccc(Cl)cc3c2C(C)C(=O)O)cc1. The Balaban J connectivity index is 2.31. The van der Waals surface area contributed by atoms with Gasteiger partial charge in [0.05, 0.1) is 11.6 Å². The second kappa shape index (κ2) is 5.50. The van der Waals surface area contributed by atoms with Crippen molar-refractivity contribution in [2.24, 2.45) is 0 Å². The first-order valence-electron chi connectivity index (χ1n) is 7.08. The summed E-state index contributed by atoms with van der Waals surface area (Å²) in [5, 5.41) is 10.9. The number of carboxylic acid groups (broad SMARTS) is 1. The van der Waals surface area contributed by atoms with E-state index in [1.165, 1.54) is 0 Å². The Labute approximate surface area is 133 Å². The van der Waals surface area contributed by atoms with Crippen LogP contribution in [0.5, 0.6) is 0 Å². The van der Waals surface area contributed by atoms with Gasteiger partial charge in [-0.05, 0) is 43.2 Å². The van der Waals surface area contributed by atoms with Crippen molar-refractivity contribution in [3.8, 4) is 11.3 Å². The van der Waals surface area contributed by atoms with Crippen LogP contribution in [0.2, 0.25) is 5.02 Å². The van der Waals surface area contributed by atoms with Crippen LogP contribution in [0.3, 0.4) is 0 Å². The molecular formula is C18H16ClNO2. The highest BCUT2D eigenvalue weighted by Gasteiger charge is 2.23. The van der Waals surface area contributed by atoms with E-state index in [1.54, 1.807) is 13.0 Å². The third-order valence-corrected chi connectivity index (χ3v) is 4.18. The molecule has 1 unspecified atom stereocenters. The summed E-state index contributed by atoms with van der Waals surface area (Å²) >= 11 is 6.09. The van der Waals surface area contributed by atoms with Crippen molar-refractivity contribution < 1.29 is 9.90 Å². The molecule has 0 fully saturated rings. The fourth-order valence-corrected chi connectivity index (χ4v) is 2.88. The van der Waals surface area contributed by atoms with Gasteiger partial charge >= 0.3 is 5.97 Å². The van der Waals surface area contributed by atoms with Gasteiger partial charge in [-0.2, -0.15) is 0 Å². The molecule has 0 aliphatic rings. The third-order valence-electron chi connectivity index (χ3n) is 3.94. The quantitative estimate of drug-likeness (QED) is 0.716. The van der Waals surface area contributed by atoms with E-state index in [0.29, 0.717) is 5.02 Å². The number of carbonyl (C=O) groups is 1. The highest BCUT2D eigenvalue weighted by Crippen LogP contribution is 2.36. The normalized spacial score (nSPS) is 12.5. The second-order valence-corrected chi connectivity index (χ2v) is 5.97. The summed E-state index contributed by atoms with van der Waals surface area (Å²) in [6.45, 7) is 3.72. The summed E-state index contributed by atoms with van der Waals surface area (Å²) in [4.78, 5) is 14.9. The van der Waals surface area contributed by atoms with Gasteiger partial charge < -0.3 is 10.1 Å². The maximum Gasteiger partial charge on any atom is 0.310 e. The molecule has 1 aromatic heterocycles. The molecule has 0 amide bonds. The summed E-state index contributed by atoms with van der Waals surface area (Å²) < 4.78 is 0. The summed E-state index contributed by atoms with van der Waals surface area (Å²) in [5.74, 6) is -1.47. The Morgan fingerprint density at radius 2 is 1.86 bits per heavy atom. The monoisotopic (exact) mass is 313 g/mol. The number of hydrogen-bond donors (Lipinski definition) is 2. The number of rotatable bonds is 3. The van der Waals surface area contributed by atoms with Crippen molar-refractivity contribution in [2.75, 3.05) is 0 Å². The summed E-state index contributed by atoms with van der Waals surface area (Å²) in [7, 11) is 0. The van der Waals surface area contributed by atoms with Gasteiger partial charge in [-0.15, -0.1) is 0 Å². The first kappa shape index (κ1) is 14.7. The first-order valence-corrected chi connectivity index (χ1v) is 7.46. The fraction of sp³-hybridized carbons (Fsp3) is 0.167. The number of aromatic amines is 1. The standard InChI is InChI=1S/C18H16ClNO2/c1-10-3-5-12(6-4-10)17-16(11(2)18(21)22)14-9-13(19)7-8-15(14)20-17/h3-9,11,20H,1-2H3,(H,21,22). The van der Waals surface area contributed by atoms with E-state index in [9.17, 15) is 9.90 Å². The van der Waals surface area contributed by atoms with Crippen LogP contribution in [0.4, 0.5) is 0 Å². The molecule has 0 saturated heterocycles. The fourth-order valence-electron chi connectivity index (χ4n) is 2.71. The molecule has 4 heteroatoms. The van der Waals surface area contributed by atoms with Crippen molar-refractivity contribution in [3.05, 3.63) is 58.6 Å². The number of aryl methyl sites for hydroxylation is 1. The van der Waals surface area contributed by atoms with E-state index in [1.807, 2.05) is 43.3 Å².